The Hall–Kier alpha value is -1.09. The van der Waals surface area contributed by atoms with E-state index in [9.17, 15) is 4.79 Å². The molecule has 0 aromatic heterocycles. The first-order valence-corrected chi connectivity index (χ1v) is 4.50. The van der Waals surface area contributed by atoms with Crippen molar-refractivity contribution in [1.82, 2.24) is 0 Å². The minimum atomic E-state index is -0.918. The van der Waals surface area contributed by atoms with Gasteiger partial charge in [0.25, 0.3) is 0 Å². The van der Waals surface area contributed by atoms with Crippen LogP contribution in [0.15, 0.2) is 23.8 Å². The summed E-state index contributed by atoms with van der Waals surface area (Å²) >= 11 is 0. The molecule has 0 aromatic rings. The zero-order valence-corrected chi connectivity index (χ0v) is 9.20. The second-order valence-corrected chi connectivity index (χ2v) is 3.80. The van der Waals surface area contributed by atoms with Crippen molar-refractivity contribution in [2.45, 2.75) is 32.8 Å². The molecule has 0 heterocycles. The lowest BCUT2D eigenvalue weighted by Crippen LogP contribution is -2.20. The average Bonchev–Trinajstić information content (AvgIpc) is 2.02. The molecule has 0 amide bonds. The van der Waals surface area contributed by atoms with E-state index < -0.39 is 5.97 Å². The predicted octanol–water partition coefficient (Wildman–Crippen LogP) is 2.39. The van der Waals surface area contributed by atoms with Crippen LogP contribution in [-0.2, 0) is 9.53 Å². The van der Waals surface area contributed by atoms with Gasteiger partial charge in [-0.1, -0.05) is 12.2 Å². The van der Waals surface area contributed by atoms with Gasteiger partial charge in [-0.15, -0.1) is 0 Å². The topological polar surface area (TPSA) is 46.5 Å². The van der Waals surface area contributed by atoms with Crippen LogP contribution in [0.4, 0.5) is 0 Å². The first kappa shape index (κ1) is 12.9. The van der Waals surface area contributed by atoms with Crippen LogP contribution in [0.1, 0.15) is 27.2 Å². The summed E-state index contributed by atoms with van der Waals surface area (Å²) in [6.07, 6.45) is 5.64. The molecule has 0 aliphatic rings. The van der Waals surface area contributed by atoms with Crippen LogP contribution >= 0.6 is 0 Å². The van der Waals surface area contributed by atoms with Gasteiger partial charge in [0, 0.05) is 13.2 Å². The monoisotopic (exact) mass is 198 g/mol. The largest absolute Gasteiger partial charge is 0.478 e. The van der Waals surface area contributed by atoms with Crippen LogP contribution < -0.4 is 0 Å². The van der Waals surface area contributed by atoms with E-state index in [4.69, 9.17) is 9.84 Å². The summed E-state index contributed by atoms with van der Waals surface area (Å²) in [5, 5.41) is 8.45. The molecule has 0 spiro atoms. The van der Waals surface area contributed by atoms with Crippen LogP contribution in [0.25, 0.3) is 0 Å². The first-order chi connectivity index (χ1) is 6.37. The first-order valence-electron chi connectivity index (χ1n) is 4.50. The molecular formula is C11H18O3. The summed E-state index contributed by atoms with van der Waals surface area (Å²) in [6, 6.07) is 0. The Morgan fingerprint density at radius 1 is 1.50 bits per heavy atom. The molecule has 0 fully saturated rings. The van der Waals surface area contributed by atoms with E-state index in [-0.39, 0.29) is 5.60 Å². The smallest absolute Gasteiger partial charge is 0.328 e. The molecule has 0 radical (unpaired) electrons. The number of allylic oxidation sites excluding steroid dienone is 2. The second-order valence-electron chi connectivity index (χ2n) is 3.80. The molecule has 0 aliphatic carbocycles. The van der Waals surface area contributed by atoms with E-state index in [0.29, 0.717) is 0 Å². The number of ether oxygens (including phenoxy) is 1. The molecule has 0 bridgehead atoms. The molecule has 0 atom stereocenters. The van der Waals surface area contributed by atoms with Gasteiger partial charge < -0.3 is 9.84 Å². The van der Waals surface area contributed by atoms with Crippen LogP contribution in [0.2, 0.25) is 0 Å². The van der Waals surface area contributed by atoms with E-state index in [2.05, 4.69) is 0 Å². The number of carboxylic acids is 1. The highest BCUT2D eigenvalue weighted by Crippen LogP contribution is 2.13. The Kier molecular flexibility index (Phi) is 5.16. The number of aliphatic carboxylic acids is 1. The van der Waals surface area contributed by atoms with Crippen molar-refractivity contribution >= 4 is 5.97 Å². The molecule has 3 nitrogen and oxygen atoms in total. The summed E-state index contributed by atoms with van der Waals surface area (Å²) in [7, 11) is 1.66. The van der Waals surface area contributed by atoms with E-state index in [1.54, 1.807) is 20.1 Å². The van der Waals surface area contributed by atoms with E-state index >= 15 is 0 Å². The molecule has 0 unspecified atom stereocenters. The average molecular weight is 198 g/mol. The number of hydrogen-bond donors (Lipinski definition) is 1. The maximum atomic E-state index is 10.3. The van der Waals surface area contributed by atoms with Crippen LogP contribution in [0, 0.1) is 0 Å². The third kappa shape index (κ3) is 6.43. The number of hydrogen-bond acceptors (Lipinski definition) is 2. The van der Waals surface area contributed by atoms with Gasteiger partial charge in [0.2, 0.25) is 0 Å². The molecule has 0 aliphatic heterocycles. The van der Waals surface area contributed by atoms with E-state index in [1.807, 2.05) is 19.9 Å². The third-order valence-corrected chi connectivity index (χ3v) is 1.89. The summed E-state index contributed by atoms with van der Waals surface area (Å²) in [6.45, 7) is 5.71. The second kappa shape index (κ2) is 5.60. The number of methoxy groups -OCH3 is 1. The van der Waals surface area contributed by atoms with Crippen molar-refractivity contribution in [3.05, 3.63) is 23.8 Å². The van der Waals surface area contributed by atoms with E-state index in [0.717, 1.165) is 12.0 Å². The van der Waals surface area contributed by atoms with Crippen LogP contribution in [0.3, 0.4) is 0 Å². The third-order valence-electron chi connectivity index (χ3n) is 1.89. The highest BCUT2D eigenvalue weighted by Gasteiger charge is 2.12. The van der Waals surface area contributed by atoms with Crippen molar-refractivity contribution in [1.29, 1.82) is 0 Å². The highest BCUT2D eigenvalue weighted by atomic mass is 16.5. The minimum absolute atomic E-state index is 0.194. The van der Waals surface area contributed by atoms with Gasteiger partial charge in [0.15, 0.2) is 0 Å². The number of rotatable bonds is 5. The lowest BCUT2D eigenvalue weighted by molar-refractivity contribution is -0.131. The lowest BCUT2D eigenvalue weighted by atomic mass is 10.0. The summed E-state index contributed by atoms with van der Waals surface area (Å²) in [5.41, 5.74) is 0.532. The highest BCUT2D eigenvalue weighted by molar-refractivity contribution is 5.81. The Bertz CT molecular complexity index is 249. The van der Waals surface area contributed by atoms with Gasteiger partial charge in [0.1, 0.15) is 0 Å². The quantitative estimate of drug-likeness (QED) is 0.545. The molecule has 0 aromatic carbocycles. The summed E-state index contributed by atoms with van der Waals surface area (Å²) in [4.78, 5) is 10.3. The van der Waals surface area contributed by atoms with E-state index in [1.165, 1.54) is 6.08 Å². The maximum Gasteiger partial charge on any atom is 0.328 e. The number of carboxylic acid groups (broad SMARTS) is 1. The fraction of sp³-hybridized carbons (Fsp3) is 0.545. The van der Waals surface area contributed by atoms with Crippen molar-refractivity contribution in [2.75, 3.05) is 7.11 Å². The standard InChI is InChI=1S/C11H18O3/c1-9(8-10(12)13)6-5-7-11(2,3)14-4/h5-6,8H,7H2,1-4H3,(H,12,13). The zero-order valence-electron chi connectivity index (χ0n) is 9.20. The molecule has 80 valence electrons. The van der Waals surface area contributed by atoms with Crippen LogP contribution in [0.5, 0.6) is 0 Å². The summed E-state index contributed by atoms with van der Waals surface area (Å²) in [5.74, 6) is -0.918. The SMILES string of the molecule is COC(C)(C)CC=CC(C)=CC(=O)O. The predicted molar refractivity (Wildman–Crippen MR) is 56.2 cm³/mol. The van der Waals surface area contributed by atoms with Gasteiger partial charge in [-0.25, -0.2) is 4.79 Å². The van der Waals surface area contributed by atoms with Gasteiger partial charge in [-0.05, 0) is 32.8 Å². The molecular weight excluding hydrogens is 180 g/mol. The normalized spacial score (nSPS) is 13.6. The molecule has 0 saturated heterocycles. The van der Waals surface area contributed by atoms with Crippen molar-refractivity contribution in [3.63, 3.8) is 0 Å². The molecule has 14 heavy (non-hydrogen) atoms. The molecule has 0 rings (SSSR count). The zero-order chi connectivity index (χ0) is 11.2. The fourth-order valence-electron chi connectivity index (χ4n) is 0.855. The van der Waals surface area contributed by atoms with Gasteiger partial charge >= 0.3 is 5.97 Å². The maximum absolute atomic E-state index is 10.3. The Morgan fingerprint density at radius 3 is 2.50 bits per heavy atom. The minimum Gasteiger partial charge on any atom is -0.478 e. The molecule has 1 N–H and O–H groups in total. The lowest BCUT2D eigenvalue weighted by Gasteiger charge is -2.20. The Labute approximate surface area is 85.1 Å². The number of carbonyl (C=O) groups is 1. The fourth-order valence-corrected chi connectivity index (χ4v) is 0.855. The van der Waals surface area contributed by atoms with Crippen LogP contribution in [-0.4, -0.2) is 23.8 Å². The van der Waals surface area contributed by atoms with Crippen molar-refractivity contribution in [3.8, 4) is 0 Å². The van der Waals surface area contributed by atoms with Gasteiger partial charge in [-0.3, -0.25) is 0 Å². The van der Waals surface area contributed by atoms with Gasteiger partial charge in [-0.2, -0.15) is 0 Å². The molecule has 3 heteroatoms. The summed E-state index contributed by atoms with van der Waals surface area (Å²) < 4.78 is 5.21. The van der Waals surface area contributed by atoms with Crippen molar-refractivity contribution in [2.24, 2.45) is 0 Å². The Morgan fingerprint density at radius 2 is 2.07 bits per heavy atom. The Balaban J connectivity index is 4.13. The van der Waals surface area contributed by atoms with Crippen molar-refractivity contribution < 1.29 is 14.6 Å². The van der Waals surface area contributed by atoms with Gasteiger partial charge in [0.05, 0.1) is 5.60 Å². The molecule has 0 saturated carbocycles.